The van der Waals surface area contributed by atoms with E-state index in [4.69, 9.17) is 14.2 Å². The van der Waals surface area contributed by atoms with Crippen LogP contribution in [0.2, 0.25) is 0 Å². The van der Waals surface area contributed by atoms with E-state index in [2.05, 4.69) is 20.4 Å². The number of phenolic OH excluding ortho intramolecular Hbond substituents is 1. The molecule has 0 aliphatic heterocycles. The summed E-state index contributed by atoms with van der Waals surface area (Å²) in [5.41, 5.74) is 3.50. The van der Waals surface area contributed by atoms with Crippen LogP contribution in [0.4, 0.5) is 9.59 Å². The smallest absolute Gasteiger partial charge is 0.435 e. The summed E-state index contributed by atoms with van der Waals surface area (Å²) in [7, 11) is 0. The van der Waals surface area contributed by atoms with Crippen molar-refractivity contribution in [1.82, 2.24) is 25.1 Å². The summed E-state index contributed by atoms with van der Waals surface area (Å²) in [6.07, 6.45) is 4.54. The third-order valence-electron chi connectivity index (χ3n) is 6.87. The van der Waals surface area contributed by atoms with Crippen molar-refractivity contribution < 1.29 is 28.9 Å². The highest BCUT2D eigenvalue weighted by Gasteiger charge is 2.23. The summed E-state index contributed by atoms with van der Waals surface area (Å²) >= 11 is 0. The molecule has 11 heteroatoms. The zero-order chi connectivity index (χ0) is 32.5. The van der Waals surface area contributed by atoms with Crippen molar-refractivity contribution in [3.05, 3.63) is 72.3 Å². The van der Waals surface area contributed by atoms with E-state index in [1.165, 1.54) is 4.68 Å². The average Bonchev–Trinajstić information content (AvgIpc) is 3.49. The van der Waals surface area contributed by atoms with Gasteiger partial charge in [-0.2, -0.15) is 9.78 Å². The maximum absolute atomic E-state index is 12.7. The molecule has 0 unspecified atom stereocenters. The minimum Gasteiger partial charge on any atom is -0.508 e. The lowest BCUT2D eigenvalue weighted by Gasteiger charge is -2.24. The van der Waals surface area contributed by atoms with Crippen molar-refractivity contribution in [3.8, 4) is 22.6 Å². The monoisotopic (exact) mass is 613 g/mol. The van der Waals surface area contributed by atoms with Gasteiger partial charge in [0, 0.05) is 34.2 Å². The molecule has 2 aromatic carbocycles. The summed E-state index contributed by atoms with van der Waals surface area (Å²) in [4.78, 5) is 33.1. The van der Waals surface area contributed by atoms with Crippen molar-refractivity contribution >= 4 is 34.0 Å². The molecular formula is C34H39N5O6. The molecule has 0 radical (unpaired) electrons. The van der Waals surface area contributed by atoms with E-state index in [0.717, 1.165) is 33.0 Å². The van der Waals surface area contributed by atoms with Crippen molar-refractivity contribution in [2.75, 3.05) is 6.61 Å². The Balaban J connectivity index is 1.36. The van der Waals surface area contributed by atoms with Gasteiger partial charge < -0.3 is 29.6 Å². The first-order chi connectivity index (χ1) is 21.1. The van der Waals surface area contributed by atoms with E-state index in [-0.39, 0.29) is 12.4 Å². The van der Waals surface area contributed by atoms with Crippen LogP contribution in [0, 0.1) is 6.92 Å². The number of carbonyl (C=O) groups is 2. The first-order valence-electron chi connectivity index (χ1n) is 14.7. The third-order valence-corrected chi connectivity index (χ3v) is 6.87. The Bertz CT molecular complexity index is 1860. The van der Waals surface area contributed by atoms with Crippen LogP contribution in [-0.4, -0.2) is 60.9 Å². The van der Waals surface area contributed by atoms with Gasteiger partial charge >= 0.3 is 12.2 Å². The Morgan fingerprint density at radius 1 is 0.956 bits per heavy atom. The van der Waals surface area contributed by atoms with E-state index in [1.54, 1.807) is 51.4 Å². The van der Waals surface area contributed by atoms with Gasteiger partial charge in [-0.25, -0.2) is 9.59 Å². The lowest BCUT2D eigenvalue weighted by Crippen LogP contribution is -2.43. The van der Waals surface area contributed by atoms with E-state index < -0.39 is 29.4 Å². The van der Waals surface area contributed by atoms with Gasteiger partial charge in [0.25, 0.3) is 0 Å². The van der Waals surface area contributed by atoms with Gasteiger partial charge in [0.15, 0.2) is 0 Å². The Kier molecular flexibility index (Phi) is 8.46. The molecule has 236 valence electrons. The number of aryl methyl sites for hydroxylation is 1. The molecule has 0 spiro atoms. The quantitative estimate of drug-likeness (QED) is 0.180. The fourth-order valence-corrected chi connectivity index (χ4v) is 4.97. The first kappa shape index (κ1) is 31.4. The lowest BCUT2D eigenvalue weighted by molar-refractivity contribution is 0.0484. The molecule has 1 amide bonds. The Labute approximate surface area is 261 Å². The number of fused-ring (bicyclic) bond motifs is 2. The van der Waals surface area contributed by atoms with Crippen molar-refractivity contribution in [2.45, 2.75) is 72.1 Å². The van der Waals surface area contributed by atoms with Gasteiger partial charge in [-0.15, -0.1) is 0 Å². The number of hydrogen-bond acceptors (Lipinski definition) is 8. The molecule has 0 saturated heterocycles. The SMILES string of the molecule is Cc1nn(C(=O)OC(C)(C)C)c2ccc(-c3cncc(OC[C@H](Cc4c[nH]c5ccc(O)cc45)NC(=O)OC(C)(C)C)c3)cc12. The molecule has 0 aliphatic carbocycles. The number of ether oxygens (including phenoxy) is 3. The van der Waals surface area contributed by atoms with Crippen LogP contribution in [0.3, 0.4) is 0 Å². The maximum Gasteiger partial charge on any atom is 0.435 e. The van der Waals surface area contributed by atoms with Gasteiger partial charge in [-0.1, -0.05) is 6.07 Å². The Morgan fingerprint density at radius 2 is 1.71 bits per heavy atom. The largest absolute Gasteiger partial charge is 0.508 e. The predicted octanol–water partition coefficient (Wildman–Crippen LogP) is 6.89. The molecule has 0 bridgehead atoms. The van der Waals surface area contributed by atoms with Gasteiger partial charge in [0.1, 0.15) is 29.3 Å². The van der Waals surface area contributed by atoms with Gasteiger partial charge in [-0.05, 0) is 102 Å². The number of phenols is 1. The lowest BCUT2D eigenvalue weighted by atomic mass is 10.0. The molecule has 3 aromatic heterocycles. The fourth-order valence-electron chi connectivity index (χ4n) is 4.97. The molecule has 45 heavy (non-hydrogen) atoms. The van der Waals surface area contributed by atoms with Crippen LogP contribution >= 0.6 is 0 Å². The number of alkyl carbamates (subject to hydrolysis) is 1. The molecule has 0 fully saturated rings. The highest BCUT2D eigenvalue weighted by atomic mass is 16.6. The summed E-state index contributed by atoms with van der Waals surface area (Å²) < 4.78 is 18.5. The molecule has 5 aromatic rings. The van der Waals surface area contributed by atoms with Crippen molar-refractivity contribution in [2.24, 2.45) is 0 Å². The van der Waals surface area contributed by atoms with Crippen LogP contribution in [0.5, 0.6) is 11.5 Å². The number of carbonyl (C=O) groups excluding carboxylic acids is 2. The number of H-pyrrole nitrogens is 1. The number of benzene rings is 2. The van der Waals surface area contributed by atoms with E-state index in [1.807, 2.05) is 58.2 Å². The third kappa shape index (κ3) is 7.72. The van der Waals surface area contributed by atoms with E-state index in [0.29, 0.717) is 23.4 Å². The van der Waals surface area contributed by atoms with Crippen LogP contribution < -0.4 is 10.1 Å². The number of nitrogens with one attached hydrogen (secondary N) is 2. The normalized spacial score (nSPS) is 12.7. The standard InChI is InChI=1S/C34H39N5O6/c1-20-27-14-21(8-11-30(27)39(38-20)32(42)45-34(5,6)7)22-13-26(18-35-16-22)43-19-24(37-31(41)44-33(2,3)4)12-23-17-36-29-10-9-25(40)15-28(23)29/h8-11,13-18,24,36,40H,12,19H2,1-7H3,(H,37,41)/t24-/m0/s1. The fraction of sp³-hybridized carbons (Fsp3) is 0.353. The number of aromatic hydroxyl groups is 1. The summed E-state index contributed by atoms with van der Waals surface area (Å²) in [6.45, 7) is 12.8. The number of aromatic nitrogens is 4. The van der Waals surface area contributed by atoms with Crippen LogP contribution in [0.1, 0.15) is 52.8 Å². The number of hydrogen-bond donors (Lipinski definition) is 3. The molecule has 1 atom stereocenters. The number of amides is 1. The zero-order valence-corrected chi connectivity index (χ0v) is 26.6. The number of aromatic amines is 1. The van der Waals surface area contributed by atoms with E-state index in [9.17, 15) is 14.7 Å². The summed E-state index contributed by atoms with van der Waals surface area (Å²) in [6, 6.07) is 12.2. The second-order valence-electron chi connectivity index (χ2n) is 13.0. The maximum atomic E-state index is 12.7. The minimum absolute atomic E-state index is 0.136. The van der Waals surface area contributed by atoms with Crippen molar-refractivity contribution in [3.63, 3.8) is 0 Å². The summed E-state index contributed by atoms with van der Waals surface area (Å²) in [5, 5.41) is 19.0. The van der Waals surface area contributed by atoms with Gasteiger partial charge in [0.05, 0.1) is 23.4 Å². The van der Waals surface area contributed by atoms with Crippen LogP contribution in [-0.2, 0) is 15.9 Å². The second kappa shape index (κ2) is 12.1. The number of pyridine rings is 1. The van der Waals surface area contributed by atoms with Crippen molar-refractivity contribution in [1.29, 1.82) is 0 Å². The average molecular weight is 614 g/mol. The van der Waals surface area contributed by atoms with E-state index >= 15 is 0 Å². The van der Waals surface area contributed by atoms with Crippen LogP contribution in [0.15, 0.2) is 61.1 Å². The number of nitrogens with zero attached hydrogens (tertiary/aromatic N) is 3. The highest BCUT2D eigenvalue weighted by Crippen LogP contribution is 2.29. The molecule has 0 saturated carbocycles. The topological polar surface area (TPSA) is 141 Å². The highest BCUT2D eigenvalue weighted by molar-refractivity contribution is 5.92. The second-order valence-corrected chi connectivity index (χ2v) is 13.0. The zero-order valence-electron chi connectivity index (χ0n) is 26.6. The Hall–Kier alpha value is -5.06. The molecule has 11 nitrogen and oxygen atoms in total. The molecule has 5 rings (SSSR count). The van der Waals surface area contributed by atoms with Gasteiger partial charge in [-0.3, -0.25) is 4.98 Å². The number of rotatable bonds is 7. The molecule has 3 N–H and O–H groups in total. The molecule has 3 heterocycles. The molecular weight excluding hydrogens is 574 g/mol. The molecule has 0 aliphatic rings. The van der Waals surface area contributed by atoms with Crippen LogP contribution in [0.25, 0.3) is 32.9 Å². The minimum atomic E-state index is -0.664. The first-order valence-corrected chi connectivity index (χ1v) is 14.7. The predicted molar refractivity (Wildman–Crippen MR) is 172 cm³/mol. The summed E-state index contributed by atoms with van der Waals surface area (Å²) in [5.74, 6) is 0.672. The van der Waals surface area contributed by atoms with Gasteiger partial charge in [0.2, 0.25) is 0 Å². The Morgan fingerprint density at radius 3 is 2.44 bits per heavy atom.